The molecule has 0 unspecified atom stereocenters. The van der Waals surface area contributed by atoms with Gasteiger partial charge in [-0.2, -0.15) is 21.2 Å². The van der Waals surface area contributed by atoms with Gasteiger partial charge in [-0.15, -0.1) is 0 Å². The van der Waals surface area contributed by atoms with Crippen molar-refractivity contribution in [3.8, 4) is 5.69 Å². The van der Waals surface area contributed by atoms with Gasteiger partial charge in [-0.05, 0) is 55.7 Å². The average molecular weight is 469 g/mol. The Balaban J connectivity index is 1.43. The second-order valence-corrected chi connectivity index (χ2v) is 11.0. The first-order chi connectivity index (χ1) is 15.4. The smallest absolute Gasteiger partial charge is 0.256 e. The molecule has 2 aliphatic heterocycles. The minimum atomic E-state index is -3.50. The lowest BCUT2D eigenvalue weighted by Gasteiger charge is -2.16. The van der Waals surface area contributed by atoms with Crippen LogP contribution in [0.2, 0.25) is 0 Å². The Hall–Kier alpha value is -2.62. The Morgan fingerprint density at radius 3 is 2.47 bits per heavy atom. The van der Waals surface area contributed by atoms with Gasteiger partial charge < -0.3 is 5.32 Å². The molecule has 0 atom stereocenters. The Morgan fingerprint density at radius 1 is 1.03 bits per heavy atom. The number of amides is 1. The summed E-state index contributed by atoms with van der Waals surface area (Å²) in [6, 6.07) is 14.1. The summed E-state index contributed by atoms with van der Waals surface area (Å²) in [5.74, 6) is 2.01. The van der Waals surface area contributed by atoms with E-state index in [1.807, 2.05) is 35.9 Å². The molecule has 32 heavy (non-hydrogen) atoms. The van der Waals surface area contributed by atoms with E-state index in [-0.39, 0.29) is 10.8 Å². The molecule has 0 aliphatic carbocycles. The largest absolute Gasteiger partial charge is 0.306 e. The Bertz CT molecular complexity index is 1280. The molecule has 3 heterocycles. The molecular formula is C23H24N4O3S2. The summed E-state index contributed by atoms with van der Waals surface area (Å²) in [6.45, 7) is 3.12. The van der Waals surface area contributed by atoms with Gasteiger partial charge in [-0.25, -0.2) is 13.1 Å². The maximum atomic E-state index is 13.1. The maximum absolute atomic E-state index is 13.1. The number of aryl methyl sites for hydroxylation is 1. The third-order valence-electron chi connectivity index (χ3n) is 5.95. The van der Waals surface area contributed by atoms with E-state index >= 15 is 0 Å². The molecule has 1 fully saturated rings. The number of benzene rings is 2. The first-order valence-electron chi connectivity index (χ1n) is 10.6. The van der Waals surface area contributed by atoms with Gasteiger partial charge >= 0.3 is 0 Å². The fourth-order valence-electron chi connectivity index (χ4n) is 4.15. The van der Waals surface area contributed by atoms with Crippen LogP contribution in [0.25, 0.3) is 5.69 Å². The molecule has 7 nitrogen and oxygen atoms in total. The molecule has 0 bridgehead atoms. The van der Waals surface area contributed by atoms with E-state index < -0.39 is 10.0 Å². The van der Waals surface area contributed by atoms with Crippen molar-refractivity contribution in [2.24, 2.45) is 0 Å². The molecule has 3 aromatic rings. The molecule has 166 valence electrons. The number of hydrogen-bond acceptors (Lipinski definition) is 5. The number of carbonyl (C=O) groups excluding carboxylic acids is 1. The van der Waals surface area contributed by atoms with Crippen LogP contribution in [0.4, 0.5) is 5.82 Å². The highest BCUT2D eigenvalue weighted by molar-refractivity contribution is 7.98. The fourth-order valence-corrected chi connectivity index (χ4v) is 6.70. The Kier molecular flexibility index (Phi) is 5.56. The van der Waals surface area contributed by atoms with Gasteiger partial charge in [-0.1, -0.05) is 18.2 Å². The summed E-state index contributed by atoms with van der Waals surface area (Å²) in [7, 11) is -3.50. The number of carbonyl (C=O) groups is 1. The number of aromatic nitrogens is 2. The second kappa shape index (κ2) is 8.38. The molecule has 5 rings (SSSR count). The fraction of sp³-hybridized carbons (Fsp3) is 0.304. The van der Waals surface area contributed by atoms with E-state index in [0.29, 0.717) is 24.5 Å². The number of thioether (sulfide) groups is 1. The van der Waals surface area contributed by atoms with Gasteiger partial charge in [0.05, 0.1) is 16.3 Å². The lowest BCUT2D eigenvalue weighted by atomic mass is 10.2. The molecular weight excluding hydrogens is 444 g/mol. The predicted molar refractivity (Wildman–Crippen MR) is 126 cm³/mol. The molecule has 0 radical (unpaired) electrons. The highest BCUT2D eigenvalue weighted by Gasteiger charge is 2.28. The molecule has 1 saturated heterocycles. The zero-order valence-electron chi connectivity index (χ0n) is 17.7. The van der Waals surface area contributed by atoms with E-state index in [4.69, 9.17) is 5.10 Å². The number of fused-ring (bicyclic) bond motifs is 1. The summed E-state index contributed by atoms with van der Waals surface area (Å²) >= 11 is 1.77. The Labute approximate surface area is 191 Å². The monoisotopic (exact) mass is 468 g/mol. The first-order valence-corrected chi connectivity index (χ1v) is 13.2. The van der Waals surface area contributed by atoms with Crippen LogP contribution in [-0.2, 0) is 21.5 Å². The average Bonchev–Trinajstić information content (AvgIpc) is 3.54. The van der Waals surface area contributed by atoms with Crippen molar-refractivity contribution in [3.63, 3.8) is 0 Å². The van der Waals surface area contributed by atoms with E-state index in [9.17, 15) is 13.2 Å². The SMILES string of the molecule is Cc1ccccc1-n1nc2c(c1NC(=O)c1ccc(S(=O)(=O)N3CCCC3)cc1)CSC2. The molecule has 0 saturated carbocycles. The van der Waals surface area contributed by atoms with Gasteiger partial charge in [0.1, 0.15) is 5.82 Å². The number of sulfonamides is 1. The number of nitrogens with one attached hydrogen (secondary N) is 1. The molecule has 2 aromatic carbocycles. The lowest BCUT2D eigenvalue weighted by Crippen LogP contribution is -2.27. The molecule has 1 aromatic heterocycles. The normalized spacial score (nSPS) is 16.3. The van der Waals surface area contributed by atoms with Crippen LogP contribution in [0.5, 0.6) is 0 Å². The summed E-state index contributed by atoms with van der Waals surface area (Å²) in [6.07, 6.45) is 1.77. The third kappa shape index (κ3) is 3.74. The number of anilines is 1. The summed E-state index contributed by atoms with van der Waals surface area (Å²) < 4.78 is 28.8. The van der Waals surface area contributed by atoms with Crippen LogP contribution in [-0.4, -0.2) is 41.5 Å². The van der Waals surface area contributed by atoms with Crippen LogP contribution < -0.4 is 5.32 Å². The van der Waals surface area contributed by atoms with Crippen LogP contribution in [0.3, 0.4) is 0 Å². The van der Waals surface area contributed by atoms with Gasteiger partial charge in [0.15, 0.2) is 0 Å². The van der Waals surface area contributed by atoms with Crippen molar-refractivity contribution in [2.45, 2.75) is 36.2 Å². The Morgan fingerprint density at radius 2 is 1.75 bits per heavy atom. The minimum absolute atomic E-state index is 0.221. The van der Waals surface area contributed by atoms with E-state index in [2.05, 4.69) is 5.32 Å². The zero-order valence-corrected chi connectivity index (χ0v) is 19.4. The number of nitrogens with zero attached hydrogens (tertiary/aromatic N) is 3. The number of hydrogen-bond donors (Lipinski definition) is 1. The first kappa shape index (κ1) is 21.2. The molecule has 1 N–H and O–H groups in total. The van der Waals surface area contributed by atoms with Crippen LogP contribution in [0.1, 0.15) is 40.0 Å². The lowest BCUT2D eigenvalue weighted by molar-refractivity contribution is 0.102. The highest BCUT2D eigenvalue weighted by atomic mass is 32.2. The van der Waals surface area contributed by atoms with Crippen molar-refractivity contribution in [3.05, 3.63) is 70.9 Å². The second-order valence-electron chi connectivity index (χ2n) is 8.05. The quantitative estimate of drug-likeness (QED) is 0.613. The molecule has 9 heteroatoms. The van der Waals surface area contributed by atoms with Crippen molar-refractivity contribution in [2.75, 3.05) is 18.4 Å². The molecule has 1 amide bonds. The topological polar surface area (TPSA) is 84.3 Å². The number of para-hydroxylation sites is 1. The van der Waals surface area contributed by atoms with Crippen molar-refractivity contribution < 1.29 is 13.2 Å². The van der Waals surface area contributed by atoms with Gasteiger partial charge in [0.25, 0.3) is 5.91 Å². The molecule has 2 aliphatic rings. The van der Waals surface area contributed by atoms with Crippen LogP contribution in [0, 0.1) is 6.92 Å². The van der Waals surface area contributed by atoms with Gasteiger partial charge in [-0.3, -0.25) is 4.79 Å². The summed E-state index contributed by atoms with van der Waals surface area (Å²) in [5.41, 5.74) is 4.42. The van der Waals surface area contributed by atoms with Crippen LogP contribution in [0.15, 0.2) is 53.4 Å². The molecule has 0 spiro atoms. The zero-order chi connectivity index (χ0) is 22.3. The van der Waals surface area contributed by atoms with Gasteiger partial charge in [0.2, 0.25) is 10.0 Å². The predicted octanol–water partition coefficient (Wildman–Crippen LogP) is 3.96. The van der Waals surface area contributed by atoms with Crippen molar-refractivity contribution >= 4 is 33.5 Å². The van der Waals surface area contributed by atoms with E-state index in [1.165, 1.54) is 16.4 Å². The van der Waals surface area contributed by atoms with E-state index in [0.717, 1.165) is 46.9 Å². The maximum Gasteiger partial charge on any atom is 0.256 e. The van der Waals surface area contributed by atoms with Crippen molar-refractivity contribution in [1.29, 1.82) is 0 Å². The highest BCUT2D eigenvalue weighted by Crippen LogP contribution is 2.36. The number of rotatable bonds is 5. The van der Waals surface area contributed by atoms with Crippen molar-refractivity contribution in [1.82, 2.24) is 14.1 Å². The summed E-state index contributed by atoms with van der Waals surface area (Å²) in [4.78, 5) is 13.3. The third-order valence-corrected chi connectivity index (χ3v) is 8.83. The standard InChI is InChI=1S/C23H24N4O3S2/c1-16-6-2-3-7-21(16)27-22(19-14-31-15-20(19)25-27)24-23(28)17-8-10-18(11-9-17)32(29,30)26-12-4-5-13-26/h2-3,6-11H,4-5,12-15H2,1H3,(H,24,28). The summed E-state index contributed by atoms with van der Waals surface area (Å²) in [5, 5.41) is 7.79. The van der Waals surface area contributed by atoms with E-state index in [1.54, 1.807) is 23.9 Å². The minimum Gasteiger partial charge on any atom is -0.306 e. The van der Waals surface area contributed by atoms with Gasteiger partial charge in [0, 0.05) is 35.7 Å². The van der Waals surface area contributed by atoms with Crippen LogP contribution >= 0.6 is 11.8 Å².